The lowest BCUT2D eigenvalue weighted by Crippen LogP contribution is -2.19. The van der Waals surface area contributed by atoms with Gasteiger partial charge in [-0.2, -0.15) is 5.10 Å². The van der Waals surface area contributed by atoms with Crippen molar-refractivity contribution < 1.29 is 9.59 Å². The van der Waals surface area contributed by atoms with Gasteiger partial charge in [-0.1, -0.05) is 23.7 Å². The van der Waals surface area contributed by atoms with E-state index in [-0.39, 0.29) is 11.8 Å². The van der Waals surface area contributed by atoms with Gasteiger partial charge in [-0.25, -0.2) is 5.43 Å². The molecule has 0 fully saturated rings. The van der Waals surface area contributed by atoms with Crippen LogP contribution in [0.3, 0.4) is 0 Å². The fourth-order valence-electron chi connectivity index (χ4n) is 2.77. The van der Waals surface area contributed by atoms with Gasteiger partial charge in [-0.05, 0) is 73.2 Å². The number of hydrogen-bond acceptors (Lipinski definition) is 4. The van der Waals surface area contributed by atoms with Crippen LogP contribution in [0.1, 0.15) is 33.2 Å². The van der Waals surface area contributed by atoms with Crippen molar-refractivity contribution in [1.29, 1.82) is 0 Å². The summed E-state index contributed by atoms with van der Waals surface area (Å²) in [6, 6.07) is 21.2. The summed E-state index contributed by atoms with van der Waals surface area (Å²) in [5, 5.41) is 7.59. The lowest BCUT2D eigenvalue weighted by atomic mass is 10.1. The third kappa shape index (κ3) is 5.93. The van der Waals surface area contributed by atoms with Gasteiger partial charge < -0.3 is 10.2 Å². The number of nitrogens with zero attached hydrogens (tertiary/aromatic N) is 2. The minimum atomic E-state index is -0.281. The van der Waals surface area contributed by atoms with E-state index in [0.29, 0.717) is 27.5 Å². The van der Waals surface area contributed by atoms with Gasteiger partial charge in [-0.15, -0.1) is 0 Å². The van der Waals surface area contributed by atoms with Crippen molar-refractivity contribution in [3.63, 3.8) is 0 Å². The molecule has 3 aromatic carbocycles. The van der Waals surface area contributed by atoms with Crippen LogP contribution in [0.5, 0.6) is 0 Å². The molecule has 3 aromatic rings. The number of nitrogens with one attached hydrogen (secondary N) is 2. The fourth-order valence-corrected chi connectivity index (χ4v) is 2.90. The average molecular weight is 435 g/mol. The normalized spacial score (nSPS) is 11.0. The van der Waals surface area contributed by atoms with Crippen molar-refractivity contribution in [1.82, 2.24) is 5.43 Å². The maximum atomic E-state index is 12.3. The molecule has 0 aliphatic rings. The Labute approximate surface area is 186 Å². The van der Waals surface area contributed by atoms with Crippen molar-refractivity contribution in [3.05, 3.63) is 94.5 Å². The fraction of sp³-hybridized carbons (Fsp3) is 0.125. The van der Waals surface area contributed by atoms with Crippen LogP contribution in [0.2, 0.25) is 5.02 Å². The maximum absolute atomic E-state index is 12.3. The lowest BCUT2D eigenvalue weighted by Gasteiger charge is -2.12. The molecule has 31 heavy (non-hydrogen) atoms. The van der Waals surface area contributed by atoms with E-state index in [1.807, 2.05) is 43.3 Å². The molecule has 3 rings (SSSR count). The Bertz CT molecular complexity index is 1090. The smallest absolute Gasteiger partial charge is 0.271 e. The highest BCUT2D eigenvalue weighted by molar-refractivity contribution is 6.30. The third-order valence-electron chi connectivity index (χ3n) is 4.64. The Kier molecular flexibility index (Phi) is 7.05. The first-order chi connectivity index (χ1) is 14.8. The molecule has 2 amide bonds. The lowest BCUT2D eigenvalue weighted by molar-refractivity contribution is 0.0954. The van der Waals surface area contributed by atoms with E-state index in [4.69, 9.17) is 11.6 Å². The van der Waals surface area contributed by atoms with Crippen molar-refractivity contribution in [3.8, 4) is 0 Å². The Balaban J connectivity index is 1.60. The van der Waals surface area contributed by atoms with Gasteiger partial charge in [0.05, 0.1) is 5.71 Å². The number of hydrazone groups is 1. The first-order valence-corrected chi connectivity index (χ1v) is 10.0. The molecule has 158 valence electrons. The zero-order valence-corrected chi connectivity index (χ0v) is 18.3. The topological polar surface area (TPSA) is 73.8 Å². The number of carbonyl (C=O) groups is 2. The second-order valence-corrected chi connectivity index (χ2v) is 7.55. The first kappa shape index (κ1) is 22.1. The van der Waals surface area contributed by atoms with Crippen molar-refractivity contribution in [2.24, 2.45) is 5.10 Å². The number of amides is 2. The SMILES string of the molecule is C/C(=N\NC(=O)c1ccc(N(C)C)cc1)c1ccc(NC(=O)c2ccc(Cl)cc2)cc1. The van der Waals surface area contributed by atoms with Gasteiger partial charge in [0.2, 0.25) is 0 Å². The van der Waals surface area contributed by atoms with E-state index in [1.165, 1.54) is 0 Å². The summed E-state index contributed by atoms with van der Waals surface area (Å²) in [6.07, 6.45) is 0. The molecule has 0 saturated heterocycles. The number of halogens is 1. The zero-order valence-electron chi connectivity index (χ0n) is 17.5. The van der Waals surface area contributed by atoms with Crippen LogP contribution < -0.4 is 15.6 Å². The summed E-state index contributed by atoms with van der Waals surface area (Å²) in [4.78, 5) is 26.6. The minimum absolute atomic E-state index is 0.220. The molecule has 0 saturated carbocycles. The zero-order chi connectivity index (χ0) is 22.4. The summed E-state index contributed by atoms with van der Waals surface area (Å²) in [6.45, 7) is 1.80. The van der Waals surface area contributed by atoms with Gasteiger partial charge in [-0.3, -0.25) is 9.59 Å². The van der Waals surface area contributed by atoms with Crippen LogP contribution in [-0.4, -0.2) is 31.6 Å². The molecular formula is C24H23ClN4O2. The molecule has 0 bridgehead atoms. The molecule has 7 heteroatoms. The summed E-state index contributed by atoms with van der Waals surface area (Å²) >= 11 is 5.85. The highest BCUT2D eigenvalue weighted by atomic mass is 35.5. The van der Waals surface area contributed by atoms with Gasteiger partial charge in [0.25, 0.3) is 11.8 Å². The molecule has 0 aromatic heterocycles. The number of hydrogen-bond donors (Lipinski definition) is 2. The van der Waals surface area contributed by atoms with Crippen LogP contribution in [0.15, 0.2) is 77.9 Å². The van der Waals surface area contributed by atoms with E-state index in [9.17, 15) is 9.59 Å². The number of carbonyl (C=O) groups excluding carboxylic acids is 2. The monoisotopic (exact) mass is 434 g/mol. The number of benzene rings is 3. The van der Waals surface area contributed by atoms with E-state index in [1.54, 1.807) is 55.5 Å². The van der Waals surface area contributed by atoms with Gasteiger partial charge >= 0.3 is 0 Å². The Morgan fingerprint density at radius 1 is 0.774 bits per heavy atom. The Hall–Kier alpha value is -3.64. The minimum Gasteiger partial charge on any atom is -0.378 e. The molecule has 0 spiro atoms. The van der Waals surface area contributed by atoms with Crippen molar-refractivity contribution in [2.75, 3.05) is 24.3 Å². The standard InChI is InChI=1S/C24H23ClN4O2/c1-16(27-28-24(31)19-8-14-22(15-9-19)29(2)3)17-6-12-21(13-7-17)26-23(30)18-4-10-20(25)11-5-18/h4-15H,1-3H3,(H,26,30)(H,28,31)/b27-16+. The predicted molar refractivity (Wildman–Crippen MR) is 126 cm³/mol. The highest BCUT2D eigenvalue weighted by Crippen LogP contribution is 2.15. The molecular weight excluding hydrogens is 412 g/mol. The largest absolute Gasteiger partial charge is 0.378 e. The first-order valence-electron chi connectivity index (χ1n) is 9.63. The second-order valence-electron chi connectivity index (χ2n) is 7.12. The second kappa shape index (κ2) is 9.91. The number of rotatable bonds is 6. The molecule has 0 aliphatic carbocycles. The molecule has 6 nitrogen and oxygen atoms in total. The molecule has 0 heterocycles. The van der Waals surface area contributed by atoms with E-state index >= 15 is 0 Å². The summed E-state index contributed by atoms with van der Waals surface area (Å²) in [7, 11) is 3.88. The van der Waals surface area contributed by atoms with E-state index < -0.39 is 0 Å². The van der Waals surface area contributed by atoms with E-state index in [2.05, 4.69) is 15.8 Å². The van der Waals surface area contributed by atoms with Gasteiger partial charge in [0.15, 0.2) is 0 Å². The quantitative estimate of drug-likeness (QED) is 0.431. The van der Waals surface area contributed by atoms with Gasteiger partial charge in [0.1, 0.15) is 0 Å². The molecule has 0 atom stereocenters. The predicted octanol–water partition coefficient (Wildman–Crippen LogP) is 4.81. The van der Waals surface area contributed by atoms with E-state index in [0.717, 1.165) is 11.3 Å². The summed E-state index contributed by atoms with van der Waals surface area (Å²) in [5.41, 5.74) is 6.77. The molecule has 0 unspecified atom stereocenters. The highest BCUT2D eigenvalue weighted by Gasteiger charge is 2.08. The maximum Gasteiger partial charge on any atom is 0.271 e. The van der Waals surface area contributed by atoms with Crippen LogP contribution in [0, 0.1) is 0 Å². The van der Waals surface area contributed by atoms with Crippen LogP contribution in [0.25, 0.3) is 0 Å². The molecule has 2 N–H and O–H groups in total. The number of anilines is 2. The third-order valence-corrected chi connectivity index (χ3v) is 4.89. The van der Waals surface area contributed by atoms with Crippen molar-refractivity contribution >= 4 is 40.5 Å². The average Bonchev–Trinajstić information content (AvgIpc) is 2.78. The molecule has 0 aliphatic heterocycles. The van der Waals surface area contributed by atoms with Crippen LogP contribution >= 0.6 is 11.6 Å². The Morgan fingerprint density at radius 2 is 1.29 bits per heavy atom. The summed E-state index contributed by atoms with van der Waals surface area (Å²) < 4.78 is 0. The van der Waals surface area contributed by atoms with Crippen molar-refractivity contribution in [2.45, 2.75) is 6.92 Å². The molecule has 0 radical (unpaired) electrons. The van der Waals surface area contributed by atoms with Crippen LogP contribution in [0.4, 0.5) is 11.4 Å². The van der Waals surface area contributed by atoms with Gasteiger partial charge in [0, 0.05) is 41.6 Å². The Morgan fingerprint density at radius 3 is 1.87 bits per heavy atom. The van der Waals surface area contributed by atoms with Crippen LogP contribution in [-0.2, 0) is 0 Å². The summed E-state index contributed by atoms with van der Waals surface area (Å²) in [5.74, 6) is -0.501.